The Morgan fingerprint density at radius 3 is 2.35 bits per heavy atom. The molecule has 2 rings (SSSR count). The number of sulfonamides is 1. The Kier molecular flexibility index (Phi) is 5.05. The number of benzene rings is 2. The summed E-state index contributed by atoms with van der Waals surface area (Å²) in [5.74, 6) is -0.245. The summed E-state index contributed by atoms with van der Waals surface area (Å²) in [6.07, 6.45) is 1.12. The molecule has 0 aliphatic carbocycles. The lowest BCUT2D eigenvalue weighted by atomic mass is 10.1. The third kappa shape index (κ3) is 4.32. The van der Waals surface area contributed by atoms with Crippen LogP contribution in [-0.4, -0.2) is 27.6 Å². The zero-order valence-electron chi connectivity index (χ0n) is 13.4. The van der Waals surface area contributed by atoms with E-state index in [1.54, 1.807) is 24.3 Å². The van der Waals surface area contributed by atoms with Crippen LogP contribution < -0.4 is 9.62 Å². The summed E-state index contributed by atoms with van der Waals surface area (Å²) in [5.41, 5.74) is 1.87. The van der Waals surface area contributed by atoms with Gasteiger partial charge in [-0.1, -0.05) is 36.4 Å². The lowest BCUT2D eigenvalue weighted by Crippen LogP contribution is -2.28. The van der Waals surface area contributed by atoms with Gasteiger partial charge in [0, 0.05) is 12.6 Å². The van der Waals surface area contributed by atoms with Crippen LogP contribution in [0.3, 0.4) is 0 Å². The van der Waals surface area contributed by atoms with Crippen molar-refractivity contribution in [3.8, 4) is 0 Å². The Labute approximate surface area is 137 Å². The Balaban J connectivity index is 2.17. The first-order valence-electron chi connectivity index (χ1n) is 7.19. The first-order chi connectivity index (χ1) is 10.8. The highest BCUT2D eigenvalue weighted by atomic mass is 32.2. The second-order valence-corrected chi connectivity index (χ2v) is 7.40. The maximum absolute atomic E-state index is 12.4. The van der Waals surface area contributed by atoms with Crippen molar-refractivity contribution in [2.75, 3.05) is 17.6 Å². The Bertz CT molecular complexity index is 788. The quantitative estimate of drug-likeness (QED) is 0.915. The second-order valence-electron chi connectivity index (χ2n) is 5.39. The first-order valence-corrected chi connectivity index (χ1v) is 9.03. The van der Waals surface area contributed by atoms with Crippen LogP contribution in [0, 0.1) is 0 Å². The number of nitrogens with zero attached hydrogens (tertiary/aromatic N) is 1. The predicted octanol–water partition coefficient (Wildman–Crippen LogP) is 2.57. The van der Waals surface area contributed by atoms with Crippen LogP contribution in [0.5, 0.6) is 0 Å². The van der Waals surface area contributed by atoms with Crippen molar-refractivity contribution in [1.29, 1.82) is 0 Å². The van der Waals surface area contributed by atoms with Gasteiger partial charge in [0.05, 0.1) is 18.0 Å². The van der Waals surface area contributed by atoms with Gasteiger partial charge in [-0.25, -0.2) is 8.42 Å². The molecule has 0 radical (unpaired) electrons. The molecular weight excluding hydrogens is 312 g/mol. The van der Waals surface area contributed by atoms with E-state index in [4.69, 9.17) is 0 Å². The number of hydrogen-bond acceptors (Lipinski definition) is 3. The molecule has 2 aromatic rings. The standard InChI is InChI=1S/C17H20N2O3S/c1-13(14-8-5-4-6-9-14)18-17(20)15-10-7-11-16(12-15)19(2)23(3,21)22/h4-13H,1-3H3,(H,18,20). The monoisotopic (exact) mass is 332 g/mol. The molecule has 0 spiro atoms. The van der Waals surface area contributed by atoms with Crippen LogP contribution in [0.2, 0.25) is 0 Å². The molecule has 0 heterocycles. The van der Waals surface area contributed by atoms with Gasteiger partial charge >= 0.3 is 0 Å². The average Bonchev–Trinajstić information content (AvgIpc) is 2.54. The second kappa shape index (κ2) is 6.83. The maximum atomic E-state index is 12.4. The number of nitrogens with one attached hydrogen (secondary N) is 1. The minimum atomic E-state index is -3.36. The number of hydrogen-bond donors (Lipinski definition) is 1. The molecular formula is C17H20N2O3S. The molecule has 1 atom stereocenters. The van der Waals surface area contributed by atoms with E-state index in [0.29, 0.717) is 11.3 Å². The molecule has 0 fully saturated rings. The van der Waals surface area contributed by atoms with Crippen LogP contribution in [0.15, 0.2) is 54.6 Å². The average molecular weight is 332 g/mol. The molecule has 6 heteroatoms. The molecule has 23 heavy (non-hydrogen) atoms. The fourth-order valence-corrected chi connectivity index (χ4v) is 2.64. The van der Waals surface area contributed by atoms with Gasteiger partial charge in [-0.2, -0.15) is 0 Å². The van der Waals surface area contributed by atoms with E-state index in [9.17, 15) is 13.2 Å². The van der Waals surface area contributed by atoms with Crippen molar-refractivity contribution in [3.05, 3.63) is 65.7 Å². The molecule has 0 saturated heterocycles. The molecule has 5 nitrogen and oxygen atoms in total. The molecule has 2 aromatic carbocycles. The number of anilines is 1. The topological polar surface area (TPSA) is 66.5 Å². The van der Waals surface area contributed by atoms with Gasteiger partial charge in [-0.15, -0.1) is 0 Å². The van der Waals surface area contributed by atoms with Crippen LogP contribution >= 0.6 is 0 Å². The van der Waals surface area contributed by atoms with Crippen LogP contribution in [0.25, 0.3) is 0 Å². The van der Waals surface area contributed by atoms with E-state index in [1.165, 1.54) is 7.05 Å². The summed E-state index contributed by atoms with van der Waals surface area (Å²) in [7, 11) is -1.91. The van der Waals surface area contributed by atoms with E-state index in [0.717, 1.165) is 16.1 Å². The van der Waals surface area contributed by atoms with Gasteiger partial charge in [-0.3, -0.25) is 9.10 Å². The van der Waals surface area contributed by atoms with E-state index < -0.39 is 10.0 Å². The summed E-state index contributed by atoms with van der Waals surface area (Å²) in [6, 6.07) is 16.0. The van der Waals surface area contributed by atoms with Gasteiger partial charge in [-0.05, 0) is 30.7 Å². The van der Waals surface area contributed by atoms with Crippen molar-refractivity contribution >= 4 is 21.6 Å². The molecule has 1 amide bonds. The minimum absolute atomic E-state index is 0.139. The minimum Gasteiger partial charge on any atom is -0.346 e. The molecule has 0 aromatic heterocycles. The fraction of sp³-hybridized carbons (Fsp3) is 0.235. The maximum Gasteiger partial charge on any atom is 0.251 e. The molecule has 0 saturated carbocycles. The Morgan fingerprint density at radius 1 is 1.09 bits per heavy atom. The van der Waals surface area contributed by atoms with E-state index >= 15 is 0 Å². The predicted molar refractivity (Wildman–Crippen MR) is 92.0 cm³/mol. The highest BCUT2D eigenvalue weighted by Gasteiger charge is 2.15. The zero-order chi connectivity index (χ0) is 17.0. The van der Waals surface area contributed by atoms with Gasteiger partial charge in [0.2, 0.25) is 10.0 Å². The largest absolute Gasteiger partial charge is 0.346 e. The normalized spacial score (nSPS) is 12.5. The SMILES string of the molecule is CC(NC(=O)c1cccc(N(C)S(C)(=O)=O)c1)c1ccccc1. The van der Waals surface area contributed by atoms with Crippen molar-refractivity contribution in [2.24, 2.45) is 0 Å². The smallest absolute Gasteiger partial charge is 0.251 e. The van der Waals surface area contributed by atoms with Crippen molar-refractivity contribution < 1.29 is 13.2 Å². The van der Waals surface area contributed by atoms with Gasteiger partial charge in [0.15, 0.2) is 0 Å². The molecule has 0 bridgehead atoms. The van der Waals surface area contributed by atoms with Crippen molar-refractivity contribution in [3.63, 3.8) is 0 Å². The third-order valence-electron chi connectivity index (χ3n) is 3.62. The third-order valence-corrected chi connectivity index (χ3v) is 4.82. The molecule has 1 N–H and O–H groups in total. The Hall–Kier alpha value is -2.34. The number of carbonyl (C=O) groups excluding carboxylic acids is 1. The Morgan fingerprint density at radius 2 is 1.74 bits per heavy atom. The lowest BCUT2D eigenvalue weighted by molar-refractivity contribution is 0.0940. The van der Waals surface area contributed by atoms with Gasteiger partial charge in [0.1, 0.15) is 0 Å². The summed E-state index contributed by atoms with van der Waals surface area (Å²) in [4.78, 5) is 12.4. The molecule has 1 unspecified atom stereocenters. The summed E-state index contributed by atoms with van der Waals surface area (Å²) >= 11 is 0. The molecule has 122 valence electrons. The van der Waals surface area contributed by atoms with Crippen LogP contribution in [0.4, 0.5) is 5.69 Å². The van der Waals surface area contributed by atoms with Gasteiger partial charge < -0.3 is 5.32 Å². The highest BCUT2D eigenvalue weighted by molar-refractivity contribution is 7.92. The number of amides is 1. The molecule has 0 aliphatic rings. The zero-order valence-corrected chi connectivity index (χ0v) is 14.2. The van der Waals surface area contributed by atoms with Crippen molar-refractivity contribution in [2.45, 2.75) is 13.0 Å². The van der Waals surface area contributed by atoms with E-state index in [1.807, 2.05) is 37.3 Å². The summed E-state index contributed by atoms with van der Waals surface area (Å²) < 4.78 is 24.3. The fourth-order valence-electron chi connectivity index (χ4n) is 2.14. The highest BCUT2D eigenvalue weighted by Crippen LogP contribution is 2.18. The molecule has 0 aliphatic heterocycles. The van der Waals surface area contributed by atoms with E-state index in [-0.39, 0.29) is 11.9 Å². The number of rotatable bonds is 5. The van der Waals surface area contributed by atoms with Crippen LogP contribution in [-0.2, 0) is 10.0 Å². The number of carbonyl (C=O) groups is 1. The summed E-state index contributed by atoms with van der Waals surface area (Å²) in [5, 5.41) is 2.91. The lowest BCUT2D eigenvalue weighted by Gasteiger charge is -2.18. The van der Waals surface area contributed by atoms with Crippen LogP contribution in [0.1, 0.15) is 28.9 Å². The summed E-state index contributed by atoms with van der Waals surface area (Å²) in [6.45, 7) is 1.90. The van der Waals surface area contributed by atoms with Crippen molar-refractivity contribution in [1.82, 2.24) is 5.32 Å². The van der Waals surface area contributed by atoms with E-state index in [2.05, 4.69) is 5.32 Å². The van der Waals surface area contributed by atoms with Gasteiger partial charge in [0.25, 0.3) is 5.91 Å². The first kappa shape index (κ1) is 17.0.